The van der Waals surface area contributed by atoms with Gasteiger partial charge in [-0.15, -0.1) is 6.42 Å². The Hall–Kier alpha value is -2.29. The molecule has 1 aromatic rings. The summed E-state index contributed by atoms with van der Waals surface area (Å²) >= 11 is 0. The number of aromatic nitrogens is 2. The molecule has 3 heterocycles. The van der Waals surface area contributed by atoms with Crippen LogP contribution in [0.3, 0.4) is 0 Å². The molecule has 0 bridgehead atoms. The largest absolute Gasteiger partial charge is 0.356 e. The maximum atomic E-state index is 13.2. The number of amides is 1. The van der Waals surface area contributed by atoms with Gasteiger partial charge in [-0.1, -0.05) is 5.92 Å². The SMILES string of the molecule is C#CC(C)(C)NC(=O)c1c(N2CCCCC2)ncnc1N1CCCCC1. The Kier molecular flexibility index (Phi) is 5.65. The molecule has 3 rings (SSSR count). The van der Waals surface area contributed by atoms with E-state index in [1.54, 1.807) is 6.33 Å². The molecule has 2 aliphatic heterocycles. The van der Waals surface area contributed by atoms with Gasteiger partial charge in [0.25, 0.3) is 5.91 Å². The molecular weight excluding hydrogens is 326 g/mol. The molecule has 1 aromatic heterocycles. The van der Waals surface area contributed by atoms with Crippen LogP contribution in [0.25, 0.3) is 0 Å². The van der Waals surface area contributed by atoms with Crippen LogP contribution in [0.15, 0.2) is 6.33 Å². The number of nitrogens with one attached hydrogen (secondary N) is 1. The molecule has 1 amide bonds. The van der Waals surface area contributed by atoms with E-state index in [2.05, 4.69) is 31.0 Å². The zero-order valence-corrected chi connectivity index (χ0v) is 15.9. The number of carbonyl (C=O) groups is 1. The van der Waals surface area contributed by atoms with Gasteiger partial charge in [0, 0.05) is 26.2 Å². The van der Waals surface area contributed by atoms with Gasteiger partial charge in [-0.05, 0) is 52.4 Å². The molecule has 0 aromatic carbocycles. The Bertz CT molecular complexity index is 646. The van der Waals surface area contributed by atoms with Crippen LogP contribution in [0.2, 0.25) is 0 Å². The monoisotopic (exact) mass is 355 g/mol. The van der Waals surface area contributed by atoms with Gasteiger partial charge in [0.1, 0.15) is 23.5 Å². The fraction of sp³-hybridized carbons (Fsp3) is 0.650. The summed E-state index contributed by atoms with van der Waals surface area (Å²) in [5, 5.41) is 2.97. The molecule has 0 atom stereocenters. The van der Waals surface area contributed by atoms with Crippen molar-refractivity contribution in [3.05, 3.63) is 11.9 Å². The maximum absolute atomic E-state index is 13.2. The molecule has 2 fully saturated rings. The highest BCUT2D eigenvalue weighted by atomic mass is 16.1. The topological polar surface area (TPSA) is 61.4 Å². The molecular formula is C20H29N5O. The summed E-state index contributed by atoms with van der Waals surface area (Å²) in [6.45, 7) is 7.36. The van der Waals surface area contributed by atoms with E-state index in [9.17, 15) is 4.79 Å². The first-order valence-corrected chi connectivity index (χ1v) is 9.67. The average Bonchev–Trinajstić information content (AvgIpc) is 2.68. The van der Waals surface area contributed by atoms with Crippen molar-refractivity contribution in [1.82, 2.24) is 15.3 Å². The number of anilines is 2. The highest BCUT2D eigenvalue weighted by Gasteiger charge is 2.30. The van der Waals surface area contributed by atoms with Gasteiger partial charge < -0.3 is 15.1 Å². The Morgan fingerprint density at radius 1 is 1.00 bits per heavy atom. The molecule has 0 aliphatic carbocycles. The lowest BCUT2D eigenvalue weighted by atomic mass is 10.0. The van der Waals surface area contributed by atoms with Gasteiger partial charge in [0.05, 0.1) is 5.54 Å². The van der Waals surface area contributed by atoms with Crippen molar-refractivity contribution in [2.45, 2.75) is 57.9 Å². The number of rotatable bonds is 4. The fourth-order valence-corrected chi connectivity index (χ4v) is 3.64. The van der Waals surface area contributed by atoms with Gasteiger partial charge in [0.15, 0.2) is 0 Å². The van der Waals surface area contributed by atoms with Crippen molar-refractivity contribution in [1.29, 1.82) is 0 Å². The number of nitrogens with zero attached hydrogens (tertiary/aromatic N) is 4. The van der Waals surface area contributed by atoms with Crippen LogP contribution in [0.5, 0.6) is 0 Å². The van der Waals surface area contributed by atoms with Crippen molar-refractivity contribution in [2.75, 3.05) is 36.0 Å². The molecule has 26 heavy (non-hydrogen) atoms. The highest BCUT2D eigenvalue weighted by molar-refractivity contribution is 6.04. The lowest BCUT2D eigenvalue weighted by Gasteiger charge is -2.33. The number of terminal acetylenes is 1. The summed E-state index contributed by atoms with van der Waals surface area (Å²) in [6, 6.07) is 0. The first kappa shape index (κ1) is 18.5. The van der Waals surface area contributed by atoms with Crippen molar-refractivity contribution < 1.29 is 4.79 Å². The molecule has 2 saturated heterocycles. The predicted molar refractivity (Wildman–Crippen MR) is 105 cm³/mol. The van der Waals surface area contributed by atoms with Gasteiger partial charge in [0.2, 0.25) is 0 Å². The molecule has 6 nitrogen and oxygen atoms in total. The second-order valence-corrected chi connectivity index (χ2v) is 7.71. The minimum Gasteiger partial charge on any atom is -0.356 e. The zero-order chi connectivity index (χ0) is 18.6. The zero-order valence-electron chi connectivity index (χ0n) is 15.9. The van der Waals surface area contributed by atoms with E-state index in [1.807, 2.05) is 13.8 Å². The van der Waals surface area contributed by atoms with Crippen LogP contribution < -0.4 is 15.1 Å². The number of hydrogen-bond acceptors (Lipinski definition) is 5. The second-order valence-electron chi connectivity index (χ2n) is 7.71. The number of carbonyl (C=O) groups excluding carboxylic acids is 1. The van der Waals surface area contributed by atoms with Gasteiger partial charge in [-0.2, -0.15) is 0 Å². The normalized spacial score (nSPS) is 18.3. The first-order chi connectivity index (χ1) is 12.5. The molecule has 0 radical (unpaired) electrons. The van der Waals surface area contributed by atoms with Crippen molar-refractivity contribution in [2.24, 2.45) is 0 Å². The second kappa shape index (κ2) is 7.94. The molecule has 1 N–H and O–H groups in total. The van der Waals surface area contributed by atoms with E-state index in [0.717, 1.165) is 63.5 Å². The van der Waals surface area contributed by atoms with Crippen LogP contribution in [-0.4, -0.2) is 47.6 Å². The molecule has 140 valence electrons. The minimum absolute atomic E-state index is 0.185. The average molecular weight is 355 g/mol. The van der Waals surface area contributed by atoms with Crippen LogP contribution in [0.1, 0.15) is 62.7 Å². The van der Waals surface area contributed by atoms with Crippen LogP contribution in [0.4, 0.5) is 11.6 Å². The third-order valence-electron chi connectivity index (χ3n) is 5.13. The summed E-state index contributed by atoms with van der Waals surface area (Å²) in [5.41, 5.74) is -0.148. The Labute approximate surface area is 156 Å². The van der Waals surface area contributed by atoms with Crippen LogP contribution in [-0.2, 0) is 0 Å². The standard InChI is InChI=1S/C20H29N5O/c1-4-20(2,3)23-19(26)16-17(24-11-7-5-8-12-24)21-15-22-18(16)25-13-9-6-10-14-25/h1,15H,5-14H2,2-3H3,(H,23,26). The quantitative estimate of drug-likeness (QED) is 0.841. The third kappa shape index (κ3) is 4.09. The smallest absolute Gasteiger partial charge is 0.259 e. The number of piperidine rings is 2. The van der Waals surface area contributed by atoms with E-state index in [4.69, 9.17) is 6.42 Å². The Morgan fingerprint density at radius 2 is 1.46 bits per heavy atom. The molecule has 0 unspecified atom stereocenters. The van der Waals surface area contributed by atoms with Gasteiger partial charge in [-0.25, -0.2) is 9.97 Å². The van der Waals surface area contributed by atoms with E-state index < -0.39 is 5.54 Å². The van der Waals surface area contributed by atoms with Crippen LogP contribution >= 0.6 is 0 Å². The summed E-state index contributed by atoms with van der Waals surface area (Å²) in [7, 11) is 0. The molecule has 6 heteroatoms. The van der Waals surface area contributed by atoms with E-state index >= 15 is 0 Å². The van der Waals surface area contributed by atoms with Crippen molar-refractivity contribution in [3.63, 3.8) is 0 Å². The molecule has 0 saturated carbocycles. The summed E-state index contributed by atoms with van der Waals surface area (Å²) in [4.78, 5) is 26.7. The summed E-state index contributed by atoms with van der Waals surface area (Å²) < 4.78 is 0. The third-order valence-corrected chi connectivity index (χ3v) is 5.13. The molecule has 2 aliphatic rings. The fourth-order valence-electron chi connectivity index (χ4n) is 3.64. The van der Waals surface area contributed by atoms with Gasteiger partial charge >= 0.3 is 0 Å². The van der Waals surface area contributed by atoms with Gasteiger partial charge in [-0.3, -0.25) is 4.79 Å². The maximum Gasteiger partial charge on any atom is 0.259 e. The molecule has 0 spiro atoms. The Balaban J connectivity index is 2.00. The van der Waals surface area contributed by atoms with E-state index in [1.165, 1.54) is 12.8 Å². The lowest BCUT2D eigenvalue weighted by Crippen LogP contribution is -2.44. The lowest BCUT2D eigenvalue weighted by molar-refractivity contribution is 0.0930. The van der Waals surface area contributed by atoms with E-state index in [-0.39, 0.29) is 5.91 Å². The first-order valence-electron chi connectivity index (χ1n) is 9.67. The summed E-state index contributed by atoms with van der Waals surface area (Å²) in [6.07, 6.45) is 14.1. The highest BCUT2D eigenvalue weighted by Crippen LogP contribution is 2.30. The summed E-state index contributed by atoms with van der Waals surface area (Å²) in [5.74, 6) is 3.94. The number of hydrogen-bond donors (Lipinski definition) is 1. The van der Waals surface area contributed by atoms with Crippen LogP contribution in [0, 0.1) is 12.3 Å². The van der Waals surface area contributed by atoms with Crippen molar-refractivity contribution >= 4 is 17.5 Å². The van der Waals surface area contributed by atoms with E-state index in [0.29, 0.717) is 5.56 Å². The predicted octanol–water partition coefficient (Wildman–Crippen LogP) is 2.60. The Morgan fingerprint density at radius 3 is 1.88 bits per heavy atom. The minimum atomic E-state index is -0.717. The van der Waals surface area contributed by atoms with Crippen molar-refractivity contribution in [3.8, 4) is 12.3 Å².